The molecule has 0 unspecified atom stereocenters. The zero-order valence-electron chi connectivity index (χ0n) is 26.4. The summed E-state index contributed by atoms with van der Waals surface area (Å²) in [4.78, 5) is 55.9. The summed E-state index contributed by atoms with van der Waals surface area (Å²) in [5.74, 6) is -0.467. The first-order valence-electron chi connectivity index (χ1n) is 14.8. The number of piperazine rings is 1. The molecule has 0 spiro atoms. The highest BCUT2D eigenvalue weighted by atomic mass is 35.5. The van der Waals surface area contributed by atoms with Crippen LogP contribution >= 0.6 is 11.6 Å². The van der Waals surface area contributed by atoms with E-state index >= 15 is 4.39 Å². The van der Waals surface area contributed by atoms with Gasteiger partial charge in [0.1, 0.15) is 17.2 Å². The molecule has 0 bridgehead atoms. The van der Waals surface area contributed by atoms with Crippen molar-refractivity contribution in [1.82, 2.24) is 24.4 Å². The molecule has 0 radical (unpaired) electrons. The summed E-state index contributed by atoms with van der Waals surface area (Å²) >= 11 is 6.80. The van der Waals surface area contributed by atoms with Gasteiger partial charge in [-0.15, -0.1) is 0 Å². The largest absolute Gasteiger partial charge is 0.444 e. The van der Waals surface area contributed by atoms with Crippen molar-refractivity contribution in [3.8, 4) is 16.9 Å². The first kappa shape index (κ1) is 32.0. The van der Waals surface area contributed by atoms with Crippen molar-refractivity contribution in [3.05, 3.63) is 74.7 Å². The number of hydrogen-bond donors (Lipinski definition) is 0. The standard InChI is InChI=1S/C33H36ClFN6O4/c1-18(2)26-28(19(3)11-12-36-26)41-30-23(15-24(34)27(37-30)22-10-8-9-21(17-42)25(22)35)29(38-31(41)43)40-14-13-39(16-20(40)4)32(44)45-33(5,6)7/h8-12,15,17-18,20H,13-14,16H2,1-7H3/t20-/m0/s1. The van der Waals surface area contributed by atoms with Crippen molar-refractivity contribution in [3.63, 3.8) is 0 Å². The Bertz CT molecular complexity index is 1870. The molecule has 4 aromatic rings. The quantitative estimate of drug-likeness (QED) is 0.234. The number of carbonyl (C=O) groups excluding carboxylic acids is 2. The molecule has 1 fully saturated rings. The van der Waals surface area contributed by atoms with Gasteiger partial charge in [0.2, 0.25) is 0 Å². The fraction of sp³-hybridized carbons (Fsp3) is 0.394. The molecule has 45 heavy (non-hydrogen) atoms. The molecule has 1 saturated heterocycles. The number of fused-ring (bicyclic) bond motifs is 1. The maximum absolute atomic E-state index is 15.4. The number of ether oxygens (including phenoxy) is 1. The molecule has 0 N–H and O–H groups in total. The topological polar surface area (TPSA) is 111 Å². The second kappa shape index (κ2) is 12.2. The summed E-state index contributed by atoms with van der Waals surface area (Å²) < 4.78 is 22.4. The molecule has 1 aliphatic rings. The van der Waals surface area contributed by atoms with Crippen molar-refractivity contribution in [2.75, 3.05) is 24.5 Å². The third-order valence-electron chi connectivity index (χ3n) is 7.69. The summed E-state index contributed by atoms with van der Waals surface area (Å²) in [6, 6.07) is 7.57. The zero-order valence-corrected chi connectivity index (χ0v) is 27.1. The number of aromatic nitrogens is 4. The molecule has 1 atom stereocenters. The number of amides is 1. The fourth-order valence-electron chi connectivity index (χ4n) is 5.59. The molecule has 4 heterocycles. The Morgan fingerprint density at radius 2 is 1.91 bits per heavy atom. The minimum Gasteiger partial charge on any atom is -0.444 e. The number of halogens is 2. The molecular weight excluding hydrogens is 599 g/mol. The lowest BCUT2D eigenvalue weighted by molar-refractivity contribution is 0.0218. The fourth-order valence-corrected chi connectivity index (χ4v) is 5.84. The van der Waals surface area contributed by atoms with E-state index in [1.807, 2.05) is 53.4 Å². The second-order valence-electron chi connectivity index (χ2n) is 12.6. The number of aldehydes is 1. The molecule has 5 rings (SSSR count). The summed E-state index contributed by atoms with van der Waals surface area (Å²) in [6.45, 7) is 14.2. The van der Waals surface area contributed by atoms with E-state index in [2.05, 4.69) is 9.97 Å². The monoisotopic (exact) mass is 634 g/mol. The van der Waals surface area contributed by atoms with Gasteiger partial charge in [-0.05, 0) is 70.4 Å². The van der Waals surface area contributed by atoms with Crippen LogP contribution in [0.1, 0.15) is 69.1 Å². The predicted molar refractivity (Wildman–Crippen MR) is 172 cm³/mol. The average molecular weight is 635 g/mol. The predicted octanol–water partition coefficient (Wildman–Crippen LogP) is 6.33. The Kier molecular flexibility index (Phi) is 8.68. The van der Waals surface area contributed by atoms with Crippen LogP contribution in [0.15, 0.2) is 41.3 Å². The van der Waals surface area contributed by atoms with Crippen LogP contribution in [0.4, 0.5) is 15.0 Å². The van der Waals surface area contributed by atoms with Gasteiger partial charge in [0, 0.05) is 37.4 Å². The van der Waals surface area contributed by atoms with Crippen molar-refractivity contribution >= 4 is 40.8 Å². The maximum atomic E-state index is 15.4. The lowest BCUT2D eigenvalue weighted by Crippen LogP contribution is -2.55. The van der Waals surface area contributed by atoms with Crippen molar-refractivity contribution in [2.45, 2.75) is 66.0 Å². The molecule has 0 saturated carbocycles. The van der Waals surface area contributed by atoms with Crippen LogP contribution < -0.4 is 10.6 Å². The van der Waals surface area contributed by atoms with Gasteiger partial charge in [-0.25, -0.2) is 23.5 Å². The van der Waals surface area contributed by atoms with Gasteiger partial charge >= 0.3 is 11.8 Å². The van der Waals surface area contributed by atoms with Crippen LogP contribution in [0.3, 0.4) is 0 Å². The van der Waals surface area contributed by atoms with Crippen LogP contribution in [0.25, 0.3) is 28.0 Å². The smallest absolute Gasteiger partial charge is 0.410 e. The van der Waals surface area contributed by atoms with Crippen LogP contribution in [0.5, 0.6) is 0 Å². The van der Waals surface area contributed by atoms with Crippen LogP contribution in [0.2, 0.25) is 5.02 Å². The normalized spacial score (nSPS) is 15.6. The van der Waals surface area contributed by atoms with E-state index in [0.29, 0.717) is 48.5 Å². The molecule has 10 nitrogen and oxygen atoms in total. The lowest BCUT2D eigenvalue weighted by atomic mass is 10.0. The molecule has 236 valence electrons. The number of aryl methyl sites for hydroxylation is 1. The SMILES string of the molecule is Cc1ccnc(C(C)C)c1-n1c(=O)nc(N2CCN(C(=O)OC(C)(C)C)C[C@@H]2C)c2cc(Cl)c(-c3cccc(C=O)c3F)nc21. The molecule has 12 heteroatoms. The summed E-state index contributed by atoms with van der Waals surface area (Å²) in [5.41, 5.74) is 0.913. The summed E-state index contributed by atoms with van der Waals surface area (Å²) in [7, 11) is 0. The number of carbonyl (C=O) groups is 2. The second-order valence-corrected chi connectivity index (χ2v) is 13.0. The molecular formula is C33H36ClFN6O4. The molecule has 1 amide bonds. The highest BCUT2D eigenvalue weighted by Gasteiger charge is 2.33. The minimum atomic E-state index is -0.767. The number of rotatable bonds is 5. The van der Waals surface area contributed by atoms with E-state index in [1.54, 1.807) is 29.3 Å². The van der Waals surface area contributed by atoms with Gasteiger partial charge in [-0.3, -0.25) is 9.78 Å². The Labute approximate surface area is 265 Å². The average Bonchev–Trinajstić information content (AvgIpc) is 2.96. The molecule has 1 aliphatic heterocycles. The minimum absolute atomic E-state index is 0.0233. The molecule has 1 aromatic carbocycles. The van der Waals surface area contributed by atoms with Gasteiger partial charge in [0.25, 0.3) is 0 Å². The van der Waals surface area contributed by atoms with Crippen LogP contribution in [0, 0.1) is 12.7 Å². The third-order valence-corrected chi connectivity index (χ3v) is 7.98. The first-order chi connectivity index (χ1) is 21.2. The van der Waals surface area contributed by atoms with Crippen molar-refractivity contribution < 1.29 is 18.7 Å². The van der Waals surface area contributed by atoms with Gasteiger partial charge in [-0.2, -0.15) is 4.98 Å². The van der Waals surface area contributed by atoms with Gasteiger partial charge in [0.05, 0.1) is 33.0 Å². The van der Waals surface area contributed by atoms with Gasteiger partial charge < -0.3 is 14.5 Å². The number of hydrogen-bond acceptors (Lipinski definition) is 8. The van der Waals surface area contributed by atoms with Crippen molar-refractivity contribution in [2.24, 2.45) is 0 Å². The zero-order chi connectivity index (χ0) is 32.8. The van der Waals surface area contributed by atoms with Crippen molar-refractivity contribution in [1.29, 1.82) is 0 Å². The molecule has 0 aliphatic carbocycles. The Morgan fingerprint density at radius 1 is 1.18 bits per heavy atom. The van der Waals surface area contributed by atoms with Crippen LogP contribution in [-0.4, -0.2) is 68.1 Å². The number of anilines is 1. The van der Waals surface area contributed by atoms with E-state index in [4.69, 9.17) is 21.3 Å². The summed E-state index contributed by atoms with van der Waals surface area (Å²) in [6.07, 6.45) is 1.70. The van der Waals surface area contributed by atoms with E-state index in [-0.39, 0.29) is 39.5 Å². The Morgan fingerprint density at radius 3 is 2.56 bits per heavy atom. The first-order valence-corrected chi connectivity index (χ1v) is 15.2. The van der Waals surface area contributed by atoms with E-state index in [9.17, 15) is 14.4 Å². The highest BCUT2D eigenvalue weighted by Crippen LogP contribution is 2.36. The highest BCUT2D eigenvalue weighted by molar-refractivity contribution is 6.34. The van der Waals surface area contributed by atoms with E-state index in [1.165, 1.54) is 16.7 Å². The van der Waals surface area contributed by atoms with Gasteiger partial charge in [-0.1, -0.05) is 31.5 Å². The van der Waals surface area contributed by atoms with E-state index < -0.39 is 23.2 Å². The Balaban J connectivity index is 1.74. The molecule has 3 aromatic heterocycles. The number of pyridine rings is 2. The van der Waals surface area contributed by atoms with Crippen LogP contribution in [-0.2, 0) is 4.74 Å². The number of nitrogens with zero attached hydrogens (tertiary/aromatic N) is 6. The Hall–Kier alpha value is -4.38. The van der Waals surface area contributed by atoms with E-state index in [0.717, 1.165) is 5.56 Å². The van der Waals surface area contributed by atoms with Gasteiger partial charge in [0.15, 0.2) is 11.9 Å². The maximum Gasteiger partial charge on any atom is 0.410 e. The lowest BCUT2D eigenvalue weighted by Gasteiger charge is -2.41. The number of benzene rings is 1. The third kappa shape index (κ3) is 6.13. The summed E-state index contributed by atoms with van der Waals surface area (Å²) in [5, 5.41) is 0.579.